The van der Waals surface area contributed by atoms with Gasteiger partial charge in [-0.15, -0.1) is 0 Å². The van der Waals surface area contributed by atoms with E-state index in [4.69, 9.17) is 0 Å². The summed E-state index contributed by atoms with van der Waals surface area (Å²) in [5.74, 6) is 1.27. The molecule has 6 nitrogen and oxygen atoms in total. The van der Waals surface area contributed by atoms with Gasteiger partial charge in [0.15, 0.2) is 5.96 Å². The first-order chi connectivity index (χ1) is 10.8. The van der Waals surface area contributed by atoms with Crippen molar-refractivity contribution in [1.29, 1.82) is 0 Å². The van der Waals surface area contributed by atoms with E-state index < -0.39 is 10.0 Å². The number of aliphatic imine (C=N–C) groups is 1. The van der Waals surface area contributed by atoms with Crippen molar-refractivity contribution >= 4 is 16.0 Å². The van der Waals surface area contributed by atoms with Crippen molar-refractivity contribution in [2.45, 2.75) is 39.1 Å². The number of benzene rings is 1. The molecule has 0 aliphatic carbocycles. The Morgan fingerprint density at radius 1 is 1.13 bits per heavy atom. The van der Waals surface area contributed by atoms with Crippen molar-refractivity contribution in [3.8, 4) is 0 Å². The summed E-state index contributed by atoms with van der Waals surface area (Å²) in [5.41, 5.74) is 1.83. The van der Waals surface area contributed by atoms with E-state index in [0.717, 1.165) is 17.1 Å². The second-order valence-electron chi connectivity index (χ2n) is 5.88. The van der Waals surface area contributed by atoms with E-state index in [1.807, 2.05) is 24.3 Å². The highest BCUT2D eigenvalue weighted by Gasteiger charge is 2.10. The van der Waals surface area contributed by atoms with Crippen LogP contribution in [0.2, 0.25) is 0 Å². The van der Waals surface area contributed by atoms with Gasteiger partial charge in [0.25, 0.3) is 0 Å². The van der Waals surface area contributed by atoms with E-state index in [2.05, 4.69) is 41.1 Å². The van der Waals surface area contributed by atoms with Crippen LogP contribution < -0.4 is 15.4 Å². The first kappa shape index (κ1) is 19.4. The van der Waals surface area contributed by atoms with Crippen molar-refractivity contribution in [3.05, 3.63) is 35.4 Å². The van der Waals surface area contributed by atoms with Gasteiger partial charge in [-0.05, 0) is 31.0 Å². The number of hydrogen-bond donors (Lipinski definition) is 3. The highest BCUT2D eigenvalue weighted by Crippen LogP contribution is 2.07. The van der Waals surface area contributed by atoms with E-state index in [1.54, 1.807) is 7.05 Å². The molecule has 130 valence electrons. The maximum absolute atomic E-state index is 11.5. The molecule has 0 amide bonds. The predicted octanol–water partition coefficient (Wildman–Crippen LogP) is 1.45. The van der Waals surface area contributed by atoms with Crippen LogP contribution in [-0.2, 0) is 22.3 Å². The summed E-state index contributed by atoms with van der Waals surface area (Å²) in [6.45, 7) is 7.06. The zero-order valence-electron chi connectivity index (χ0n) is 14.6. The lowest BCUT2D eigenvalue weighted by Crippen LogP contribution is -2.43. The molecule has 3 N–H and O–H groups in total. The molecule has 0 aliphatic heterocycles. The lowest BCUT2D eigenvalue weighted by atomic mass is 10.1. The van der Waals surface area contributed by atoms with E-state index in [-0.39, 0.29) is 5.75 Å². The number of nitrogens with zero attached hydrogens (tertiary/aromatic N) is 1. The molecular weight excluding hydrogens is 312 g/mol. The monoisotopic (exact) mass is 340 g/mol. The summed E-state index contributed by atoms with van der Waals surface area (Å²) in [7, 11) is -0.0663. The van der Waals surface area contributed by atoms with Crippen LogP contribution >= 0.6 is 0 Å². The third-order valence-corrected chi connectivity index (χ3v) is 5.07. The van der Waals surface area contributed by atoms with Gasteiger partial charge >= 0.3 is 0 Å². The van der Waals surface area contributed by atoms with Crippen LogP contribution in [0, 0.1) is 5.92 Å². The molecule has 7 heteroatoms. The lowest BCUT2D eigenvalue weighted by molar-refractivity contribution is 0.481. The van der Waals surface area contributed by atoms with Gasteiger partial charge in [0.2, 0.25) is 10.0 Å². The molecule has 0 aliphatic rings. The molecule has 0 saturated heterocycles. The maximum atomic E-state index is 11.5. The molecule has 1 aromatic carbocycles. The smallest absolute Gasteiger partial charge is 0.215 e. The molecule has 23 heavy (non-hydrogen) atoms. The fraction of sp³-hybridized carbons (Fsp3) is 0.562. The SMILES string of the molecule is CN=C(NCc1ccc(CS(=O)(=O)NC)cc1)NC(C)C(C)C. The van der Waals surface area contributed by atoms with Gasteiger partial charge in [-0.3, -0.25) is 4.99 Å². The van der Waals surface area contributed by atoms with Crippen LogP contribution in [0.25, 0.3) is 0 Å². The molecule has 1 unspecified atom stereocenters. The van der Waals surface area contributed by atoms with E-state index in [9.17, 15) is 8.42 Å². The Balaban J connectivity index is 2.58. The highest BCUT2D eigenvalue weighted by molar-refractivity contribution is 7.88. The fourth-order valence-electron chi connectivity index (χ4n) is 1.81. The van der Waals surface area contributed by atoms with Crippen LogP contribution in [0.1, 0.15) is 31.9 Å². The Hall–Kier alpha value is -1.60. The van der Waals surface area contributed by atoms with Crippen molar-refractivity contribution in [2.75, 3.05) is 14.1 Å². The van der Waals surface area contributed by atoms with Crippen molar-refractivity contribution in [1.82, 2.24) is 15.4 Å². The molecular formula is C16H28N4O2S. The normalized spacial score (nSPS) is 13.9. The average molecular weight is 340 g/mol. The molecule has 0 radical (unpaired) electrons. The summed E-state index contributed by atoms with van der Waals surface area (Å²) in [5, 5.41) is 6.60. The molecule has 0 fully saturated rings. The Morgan fingerprint density at radius 3 is 2.17 bits per heavy atom. The van der Waals surface area contributed by atoms with Gasteiger partial charge in [0, 0.05) is 19.6 Å². The molecule has 0 saturated carbocycles. The number of rotatable bonds is 7. The Morgan fingerprint density at radius 2 is 1.70 bits per heavy atom. The van der Waals surface area contributed by atoms with Crippen molar-refractivity contribution in [3.63, 3.8) is 0 Å². The maximum Gasteiger partial charge on any atom is 0.215 e. The zero-order valence-corrected chi connectivity index (χ0v) is 15.4. The van der Waals surface area contributed by atoms with E-state index >= 15 is 0 Å². The largest absolute Gasteiger partial charge is 0.354 e. The van der Waals surface area contributed by atoms with Crippen molar-refractivity contribution in [2.24, 2.45) is 10.9 Å². The number of sulfonamides is 1. The summed E-state index contributed by atoms with van der Waals surface area (Å²) >= 11 is 0. The molecule has 0 heterocycles. The molecule has 0 spiro atoms. The third-order valence-electron chi connectivity index (χ3n) is 3.74. The third kappa shape index (κ3) is 7.00. The van der Waals surface area contributed by atoms with Gasteiger partial charge in [0.1, 0.15) is 0 Å². The van der Waals surface area contributed by atoms with Crippen LogP contribution in [0.3, 0.4) is 0 Å². The van der Waals surface area contributed by atoms with Gasteiger partial charge in [-0.1, -0.05) is 38.1 Å². The fourth-order valence-corrected chi connectivity index (χ4v) is 2.58. The minimum Gasteiger partial charge on any atom is -0.354 e. The summed E-state index contributed by atoms with van der Waals surface area (Å²) < 4.78 is 25.4. The van der Waals surface area contributed by atoms with Crippen LogP contribution in [0.4, 0.5) is 0 Å². The molecule has 0 bridgehead atoms. The number of hydrogen-bond acceptors (Lipinski definition) is 3. The molecule has 1 rings (SSSR count). The second-order valence-corrected chi connectivity index (χ2v) is 7.81. The average Bonchev–Trinajstić information content (AvgIpc) is 2.52. The standard InChI is InChI=1S/C16H28N4O2S/c1-12(2)13(3)20-16(17-4)19-10-14-6-8-15(9-7-14)11-23(21,22)18-5/h6-9,12-13,18H,10-11H2,1-5H3,(H2,17,19,20). The highest BCUT2D eigenvalue weighted by atomic mass is 32.2. The topological polar surface area (TPSA) is 82.6 Å². The summed E-state index contributed by atoms with van der Waals surface area (Å²) in [4.78, 5) is 4.21. The van der Waals surface area contributed by atoms with Gasteiger partial charge in [0.05, 0.1) is 5.75 Å². The molecule has 1 atom stereocenters. The van der Waals surface area contributed by atoms with Gasteiger partial charge in [-0.25, -0.2) is 13.1 Å². The van der Waals surface area contributed by atoms with Crippen LogP contribution in [0.15, 0.2) is 29.3 Å². The van der Waals surface area contributed by atoms with Gasteiger partial charge < -0.3 is 10.6 Å². The zero-order chi connectivity index (χ0) is 17.5. The minimum absolute atomic E-state index is 0.00760. The first-order valence-corrected chi connectivity index (χ1v) is 9.39. The summed E-state index contributed by atoms with van der Waals surface area (Å²) in [6.07, 6.45) is 0. The van der Waals surface area contributed by atoms with E-state index in [0.29, 0.717) is 18.5 Å². The molecule has 0 aromatic heterocycles. The first-order valence-electron chi connectivity index (χ1n) is 7.73. The lowest BCUT2D eigenvalue weighted by Gasteiger charge is -2.20. The second kappa shape index (κ2) is 8.88. The quantitative estimate of drug-likeness (QED) is 0.518. The van der Waals surface area contributed by atoms with Crippen molar-refractivity contribution < 1.29 is 8.42 Å². The Labute approximate surface area is 139 Å². The van der Waals surface area contributed by atoms with Crippen LogP contribution in [-0.4, -0.2) is 34.5 Å². The van der Waals surface area contributed by atoms with Gasteiger partial charge in [-0.2, -0.15) is 0 Å². The number of nitrogens with one attached hydrogen (secondary N) is 3. The Bertz CT molecular complexity index is 609. The molecule has 1 aromatic rings. The number of guanidine groups is 1. The minimum atomic E-state index is -3.23. The Kier molecular flexibility index (Phi) is 7.51. The van der Waals surface area contributed by atoms with Crippen LogP contribution in [0.5, 0.6) is 0 Å². The van der Waals surface area contributed by atoms with E-state index in [1.165, 1.54) is 7.05 Å². The predicted molar refractivity (Wildman–Crippen MR) is 95.8 cm³/mol. The summed E-state index contributed by atoms with van der Waals surface area (Å²) in [6, 6.07) is 7.84.